The molecule has 0 N–H and O–H groups in total. The molecule has 3 nitrogen and oxygen atoms in total. The summed E-state index contributed by atoms with van der Waals surface area (Å²) in [6, 6.07) is 3.70. The third-order valence-electron chi connectivity index (χ3n) is 1.91. The highest BCUT2D eigenvalue weighted by Crippen LogP contribution is 2.25. The number of hydrogen-bond donors (Lipinski definition) is 0. The van der Waals surface area contributed by atoms with E-state index in [9.17, 15) is 4.79 Å². The molecule has 0 aliphatic heterocycles. The highest BCUT2D eigenvalue weighted by Gasteiger charge is 2.17. The van der Waals surface area contributed by atoms with Crippen molar-refractivity contribution >= 4 is 55.6 Å². The van der Waals surface area contributed by atoms with Gasteiger partial charge in [-0.25, -0.2) is 0 Å². The summed E-state index contributed by atoms with van der Waals surface area (Å²) in [5, 5.41) is 4.05. The number of thiophene rings is 1. The number of carbonyl (C=O) groups is 1. The van der Waals surface area contributed by atoms with Crippen molar-refractivity contribution in [1.29, 1.82) is 0 Å². The first-order valence-corrected chi connectivity index (χ1v) is 6.76. The van der Waals surface area contributed by atoms with Gasteiger partial charge in [0, 0.05) is 7.05 Å². The third kappa shape index (κ3) is 2.16. The van der Waals surface area contributed by atoms with E-state index in [1.807, 2.05) is 19.2 Å². The normalized spacial score (nSPS) is 10.6. The Morgan fingerprint density at radius 2 is 2.33 bits per heavy atom. The molecule has 15 heavy (non-hydrogen) atoms. The number of hydrogen-bond acceptors (Lipinski definition) is 3. The number of ketones is 1. The number of aryl methyl sites for hydroxylation is 1. The SMILES string of the molecule is Cn1ncc(C(=O)c2ccc(Br)s2)c1I. The Balaban J connectivity index is 2.41. The van der Waals surface area contributed by atoms with E-state index in [0.717, 1.165) is 12.4 Å². The Kier molecular flexibility index (Phi) is 3.27. The molecule has 0 radical (unpaired) electrons. The van der Waals surface area contributed by atoms with Gasteiger partial charge in [-0.3, -0.25) is 9.48 Å². The lowest BCUT2D eigenvalue weighted by Crippen LogP contribution is -2.01. The van der Waals surface area contributed by atoms with Gasteiger partial charge in [0.15, 0.2) is 0 Å². The van der Waals surface area contributed by atoms with Crippen LogP contribution in [0.1, 0.15) is 15.2 Å². The molecule has 0 unspecified atom stereocenters. The van der Waals surface area contributed by atoms with Gasteiger partial charge in [-0.2, -0.15) is 5.10 Å². The Morgan fingerprint density at radius 1 is 1.60 bits per heavy atom. The minimum Gasteiger partial charge on any atom is -0.288 e. The van der Waals surface area contributed by atoms with Crippen molar-refractivity contribution in [2.45, 2.75) is 0 Å². The smallest absolute Gasteiger partial charge is 0.207 e. The highest BCUT2D eigenvalue weighted by molar-refractivity contribution is 14.1. The first kappa shape index (κ1) is 11.3. The molecule has 0 fully saturated rings. The van der Waals surface area contributed by atoms with Crippen LogP contribution in [-0.2, 0) is 7.05 Å². The molecule has 0 spiro atoms. The molecular weight excluding hydrogens is 391 g/mol. The zero-order valence-electron chi connectivity index (χ0n) is 7.70. The second-order valence-corrected chi connectivity index (χ2v) is 6.39. The van der Waals surface area contributed by atoms with Crippen molar-refractivity contribution in [3.8, 4) is 0 Å². The Morgan fingerprint density at radius 3 is 2.80 bits per heavy atom. The van der Waals surface area contributed by atoms with Gasteiger partial charge in [-0.05, 0) is 50.7 Å². The van der Waals surface area contributed by atoms with Gasteiger partial charge in [0.25, 0.3) is 0 Å². The summed E-state index contributed by atoms with van der Waals surface area (Å²) in [4.78, 5) is 12.8. The van der Waals surface area contributed by atoms with Gasteiger partial charge < -0.3 is 0 Å². The van der Waals surface area contributed by atoms with Gasteiger partial charge in [0.2, 0.25) is 5.78 Å². The molecule has 0 saturated heterocycles. The summed E-state index contributed by atoms with van der Waals surface area (Å²) in [5.74, 6) is 0.0307. The van der Waals surface area contributed by atoms with Gasteiger partial charge >= 0.3 is 0 Å². The maximum atomic E-state index is 12.0. The van der Waals surface area contributed by atoms with Gasteiger partial charge in [0.05, 0.1) is 20.4 Å². The van der Waals surface area contributed by atoms with Crippen LogP contribution in [0.5, 0.6) is 0 Å². The molecule has 2 heterocycles. The predicted molar refractivity (Wildman–Crippen MR) is 71.4 cm³/mol. The number of carbonyl (C=O) groups excluding carboxylic acids is 1. The second kappa shape index (κ2) is 4.34. The largest absolute Gasteiger partial charge is 0.288 e. The molecule has 2 aromatic heterocycles. The molecule has 6 heteroatoms. The maximum Gasteiger partial charge on any atom is 0.207 e. The summed E-state index contributed by atoms with van der Waals surface area (Å²) in [7, 11) is 1.82. The molecule has 0 saturated carbocycles. The topological polar surface area (TPSA) is 34.9 Å². The second-order valence-electron chi connectivity index (χ2n) is 2.91. The fourth-order valence-corrected chi connectivity index (χ4v) is 2.99. The summed E-state index contributed by atoms with van der Waals surface area (Å²) >= 11 is 6.90. The molecule has 0 bridgehead atoms. The monoisotopic (exact) mass is 396 g/mol. The number of aromatic nitrogens is 2. The molecule has 0 atom stereocenters. The van der Waals surface area contributed by atoms with E-state index in [1.54, 1.807) is 10.9 Å². The number of halogens is 2. The molecule has 0 aromatic carbocycles. The van der Waals surface area contributed by atoms with Gasteiger partial charge in [0.1, 0.15) is 3.70 Å². The lowest BCUT2D eigenvalue weighted by molar-refractivity contribution is 0.104. The fourth-order valence-electron chi connectivity index (χ4n) is 1.14. The van der Waals surface area contributed by atoms with Crippen LogP contribution in [0, 0.1) is 3.70 Å². The molecule has 2 rings (SSSR count). The zero-order chi connectivity index (χ0) is 11.0. The van der Waals surface area contributed by atoms with E-state index in [4.69, 9.17) is 0 Å². The van der Waals surface area contributed by atoms with Crippen molar-refractivity contribution in [2.75, 3.05) is 0 Å². The number of rotatable bonds is 2. The molecule has 0 aliphatic carbocycles. The van der Waals surface area contributed by atoms with Crippen LogP contribution in [-0.4, -0.2) is 15.6 Å². The van der Waals surface area contributed by atoms with Crippen LogP contribution in [0.3, 0.4) is 0 Å². The van der Waals surface area contributed by atoms with E-state index in [2.05, 4.69) is 43.6 Å². The van der Waals surface area contributed by atoms with Crippen molar-refractivity contribution in [2.24, 2.45) is 7.05 Å². The van der Waals surface area contributed by atoms with E-state index in [1.165, 1.54) is 11.3 Å². The average molecular weight is 397 g/mol. The lowest BCUT2D eigenvalue weighted by Gasteiger charge is -1.95. The average Bonchev–Trinajstić information content (AvgIpc) is 2.75. The van der Waals surface area contributed by atoms with Crippen LogP contribution in [0.2, 0.25) is 0 Å². The quantitative estimate of drug-likeness (QED) is 0.577. The van der Waals surface area contributed by atoms with Gasteiger partial charge in [-0.15, -0.1) is 11.3 Å². The molecule has 78 valence electrons. The van der Waals surface area contributed by atoms with Crippen LogP contribution >= 0.6 is 49.9 Å². The van der Waals surface area contributed by atoms with Crippen LogP contribution < -0.4 is 0 Å². The summed E-state index contributed by atoms with van der Waals surface area (Å²) in [5.41, 5.74) is 0.660. The fraction of sp³-hybridized carbons (Fsp3) is 0.111. The minimum absolute atomic E-state index is 0.0307. The highest BCUT2D eigenvalue weighted by atomic mass is 127. The molecular formula is C9H6BrIN2OS. The first-order valence-electron chi connectivity index (χ1n) is 4.07. The number of nitrogens with zero attached hydrogens (tertiary/aromatic N) is 2. The Labute approximate surface area is 113 Å². The van der Waals surface area contributed by atoms with E-state index < -0.39 is 0 Å². The van der Waals surface area contributed by atoms with Crippen LogP contribution in [0.25, 0.3) is 0 Å². The predicted octanol–water partition coefficient (Wildman–Crippen LogP) is 3.08. The van der Waals surface area contributed by atoms with E-state index in [-0.39, 0.29) is 5.78 Å². The first-order chi connectivity index (χ1) is 7.09. The standard InChI is InChI=1S/C9H6BrIN2OS/c1-13-9(11)5(4-12-13)8(14)6-2-3-7(10)15-6/h2-4H,1H3. The summed E-state index contributed by atoms with van der Waals surface area (Å²) in [6.45, 7) is 0. The van der Waals surface area contributed by atoms with Crippen molar-refractivity contribution in [3.63, 3.8) is 0 Å². The van der Waals surface area contributed by atoms with Crippen molar-refractivity contribution in [1.82, 2.24) is 9.78 Å². The van der Waals surface area contributed by atoms with Crippen LogP contribution in [0.15, 0.2) is 22.1 Å². The maximum absolute atomic E-state index is 12.0. The molecule has 0 amide bonds. The lowest BCUT2D eigenvalue weighted by atomic mass is 10.2. The molecule has 2 aromatic rings. The zero-order valence-corrected chi connectivity index (χ0v) is 12.3. The van der Waals surface area contributed by atoms with E-state index >= 15 is 0 Å². The van der Waals surface area contributed by atoms with Crippen molar-refractivity contribution in [3.05, 3.63) is 36.3 Å². The van der Waals surface area contributed by atoms with Gasteiger partial charge in [-0.1, -0.05) is 0 Å². The van der Waals surface area contributed by atoms with Crippen molar-refractivity contribution < 1.29 is 4.79 Å². The van der Waals surface area contributed by atoms with E-state index in [0.29, 0.717) is 5.56 Å². The summed E-state index contributed by atoms with van der Waals surface area (Å²) < 4.78 is 3.52. The Bertz CT molecular complexity index is 520. The summed E-state index contributed by atoms with van der Waals surface area (Å²) in [6.07, 6.45) is 1.61. The Hall–Kier alpha value is -0.210. The third-order valence-corrected chi connectivity index (χ3v) is 4.81. The van der Waals surface area contributed by atoms with Crippen LogP contribution in [0.4, 0.5) is 0 Å². The minimum atomic E-state index is 0.0307. The molecule has 0 aliphatic rings.